The van der Waals surface area contributed by atoms with Crippen molar-refractivity contribution >= 4 is 33.2 Å². The molecule has 2 aromatic rings. The normalized spacial score (nSPS) is 11.5. The Morgan fingerprint density at radius 3 is 2.31 bits per heavy atom. The van der Waals surface area contributed by atoms with E-state index in [1.807, 2.05) is 13.8 Å². The Kier molecular flexibility index (Phi) is 6.52. The maximum absolute atomic E-state index is 12.1. The highest BCUT2D eigenvalue weighted by molar-refractivity contribution is 7.89. The van der Waals surface area contributed by atoms with Crippen LogP contribution >= 0.6 is 11.3 Å². The van der Waals surface area contributed by atoms with E-state index < -0.39 is 16.0 Å². The van der Waals surface area contributed by atoms with Gasteiger partial charge in [0.1, 0.15) is 4.88 Å². The molecule has 1 amide bonds. The smallest absolute Gasteiger partial charge is 0.345 e. The van der Waals surface area contributed by atoms with Crippen molar-refractivity contribution in [1.29, 1.82) is 0 Å². The molecule has 26 heavy (non-hydrogen) atoms. The summed E-state index contributed by atoms with van der Waals surface area (Å²) in [5, 5.41) is 11.6. The maximum Gasteiger partial charge on any atom is 0.345 e. The lowest BCUT2D eigenvalue weighted by Gasteiger charge is -2.09. The van der Waals surface area contributed by atoms with Crippen molar-refractivity contribution in [3.8, 4) is 0 Å². The summed E-state index contributed by atoms with van der Waals surface area (Å²) in [6.45, 7) is 4.35. The lowest BCUT2D eigenvalue weighted by Crippen LogP contribution is -2.27. The Morgan fingerprint density at radius 2 is 1.77 bits per heavy atom. The van der Waals surface area contributed by atoms with E-state index in [0.717, 1.165) is 11.3 Å². The first-order valence-corrected chi connectivity index (χ1v) is 10.2. The number of aromatic carboxylic acids is 1. The molecule has 0 bridgehead atoms. The number of amides is 1. The van der Waals surface area contributed by atoms with Crippen LogP contribution in [0.1, 0.15) is 38.8 Å². The molecule has 0 saturated carbocycles. The summed E-state index contributed by atoms with van der Waals surface area (Å²) >= 11 is 1.09. The molecule has 1 aromatic heterocycles. The van der Waals surface area contributed by atoms with E-state index >= 15 is 0 Å². The van der Waals surface area contributed by atoms with Crippen molar-refractivity contribution in [1.82, 2.24) is 10.0 Å². The molecule has 0 aliphatic carbocycles. The number of carbonyl (C=O) groups excluding carboxylic acids is 1. The van der Waals surface area contributed by atoms with Crippen LogP contribution in [0.3, 0.4) is 0 Å². The fourth-order valence-electron chi connectivity index (χ4n) is 2.00. The Bertz CT molecular complexity index is 886. The van der Waals surface area contributed by atoms with Crippen LogP contribution in [0.25, 0.3) is 0 Å². The van der Waals surface area contributed by atoms with Crippen LogP contribution in [0.4, 0.5) is 0 Å². The monoisotopic (exact) mass is 396 g/mol. The van der Waals surface area contributed by atoms with Gasteiger partial charge in [-0.05, 0) is 42.3 Å². The number of nitrogens with one attached hydrogen (secondary N) is 2. The van der Waals surface area contributed by atoms with Gasteiger partial charge < -0.3 is 10.4 Å². The largest absolute Gasteiger partial charge is 0.477 e. The number of thiophene rings is 1. The Labute approximate surface area is 156 Å². The summed E-state index contributed by atoms with van der Waals surface area (Å²) in [7, 11) is -3.59. The van der Waals surface area contributed by atoms with Crippen LogP contribution in [0.5, 0.6) is 0 Å². The third-order valence-electron chi connectivity index (χ3n) is 3.40. The fraction of sp³-hybridized carbons (Fsp3) is 0.294. The minimum absolute atomic E-state index is 0.0963. The molecule has 7 nitrogen and oxygen atoms in total. The average Bonchev–Trinajstić information content (AvgIpc) is 3.07. The number of rotatable bonds is 8. The average molecular weight is 396 g/mol. The topological polar surface area (TPSA) is 113 Å². The van der Waals surface area contributed by atoms with Gasteiger partial charge in [0.2, 0.25) is 10.0 Å². The van der Waals surface area contributed by atoms with Crippen molar-refractivity contribution in [3.63, 3.8) is 0 Å². The van der Waals surface area contributed by atoms with Gasteiger partial charge in [0.15, 0.2) is 0 Å². The number of sulfonamides is 1. The van der Waals surface area contributed by atoms with E-state index in [1.165, 1.54) is 30.3 Å². The molecule has 0 aliphatic rings. The summed E-state index contributed by atoms with van der Waals surface area (Å²) in [5.41, 5.74) is 0.322. The van der Waals surface area contributed by atoms with Crippen LogP contribution in [0, 0.1) is 5.92 Å². The van der Waals surface area contributed by atoms with Gasteiger partial charge in [0.25, 0.3) is 5.91 Å². The number of carboxylic acids is 1. The zero-order chi connectivity index (χ0) is 19.3. The highest BCUT2D eigenvalue weighted by Gasteiger charge is 2.15. The molecular formula is C17H20N2O5S2. The standard InChI is InChI=1S/C17H20N2O5S2/c1-11(2)9-19-26(23,24)14-6-3-12(4-7-14)16(20)18-10-13-5-8-15(25-13)17(21)22/h3-8,11,19H,9-10H2,1-2H3,(H,18,20)(H,21,22). The van der Waals surface area contributed by atoms with Gasteiger partial charge in [-0.25, -0.2) is 17.9 Å². The second-order valence-electron chi connectivity index (χ2n) is 6.02. The van der Waals surface area contributed by atoms with Gasteiger partial charge >= 0.3 is 5.97 Å². The van der Waals surface area contributed by atoms with Crippen molar-refractivity contribution < 1.29 is 23.1 Å². The molecule has 0 radical (unpaired) electrons. The molecule has 140 valence electrons. The van der Waals surface area contributed by atoms with Gasteiger partial charge in [-0.3, -0.25) is 4.79 Å². The molecule has 0 atom stereocenters. The molecular weight excluding hydrogens is 376 g/mol. The molecule has 3 N–H and O–H groups in total. The molecule has 0 spiro atoms. The fourth-order valence-corrected chi connectivity index (χ4v) is 4.00. The number of hydrogen-bond donors (Lipinski definition) is 3. The first kappa shape index (κ1) is 20.1. The van der Waals surface area contributed by atoms with E-state index in [9.17, 15) is 18.0 Å². The number of benzene rings is 1. The van der Waals surface area contributed by atoms with Gasteiger partial charge in [-0.15, -0.1) is 11.3 Å². The van der Waals surface area contributed by atoms with Crippen LogP contribution in [-0.2, 0) is 16.6 Å². The lowest BCUT2D eigenvalue weighted by molar-refractivity contribution is 0.0702. The zero-order valence-corrected chi connectivity index (χ0v) is 16.0. The predicted octanol–water partition coefficient (Wildman–Crippen LogP) is 2.31. The highest BCUT2D eigenvalue weighted by Crippen LogP contribution is 2.16. The van der Waals surface area contributed by atoms with Crippen molar-refractivity contribution in [2.75, 3.05) is 6.54 Å². The molecule has 1 aromatic carbocycles. The molecule has 0 aliphatic heterocycles. The van der Waals surface area contributed by atoms with Crippen LogP contribution in [0.2, 0.25) is 0 Å². The lowest BCUT2D eigenvalue weighted by atomic mass is 10.2. The van der Waals surface area contributed by atoms with Crippen molar-refractivity contribution in [2.45, 2.75) is 25.3 Å². The number of carboxylic acid groups (broad SMARTS) is 1. The summed E-state index contributed by atoms with van der Waals surface area (Å²) in [4.78, 5) is 24.0. The summed E-state index contributed by atoms with van der Waals surface area (Å²) in [6, 6.07) is 8.77. The Hall–Kier alpha value is -2.23. The van der Waals surface area contributed by atoms with Gasteiger partial charge in [-0.2, -0.15) is 0 Å². The Morgan fingerprint density at radius 1 is 1.12 bits per heavy atom. The molecule has 0 unspecified atom stereocenters. The zero-order valence-electron chi connectivity index (χ0n) is 14.4. The molecule has 9 heteroatoms. The minimum atomic E-state index is -3.59. The summed E-state index contributed by atoms with van der Waals surface area (Å²) < 4.78 is 26.8. The van der Waals surface area contributed by atoms with Crippen molar-refractivity contribution in [3.05, 3.63) is 51.7 Å². The summed E-state index contributed by atoms with van der Waals surface area (Å²) in [5.74, 6) is -1.18. The SMILES string of the molecule is CC(C)CNS(=O)(=O)c1ccc(C(=O)NCc2ccc(C(=O)O)s2)cc1. The van der Waals surface area contributed by atoms with Crippen molar-refractivity contribution in [2.24, 2.45) is 5.92 Å². The first-order valence-electron chi connectivity index (χ1n) is 7.89. The number of carbonyl (C=O) groups is 2. The van der Waals surface area contributed by atoms with Gasteiger partial charge in [0.05, 0.1) is 11.4 Å². The predicted molar refractivity (Wildman–Crippen MR) is 98.9 cm³/mol. The first-order chi connectivity index (χ1) is 12.2. The van der Waals surface area contributed by atoms with Crippen LogP contribution in [0.15, 0.2) is 41.3 Å². The van der Waals surface area contributed by atoms with E-state index in [1.54, 1.807) is 6.07 Å². The quantitative estimate of drug-likeness (QED) is 0.634. The van der Waals surface area contributed by atoms with E-state index in [4.69, 9.17) is 5.11 Å². The number of hydrogen-bond acceptors (Lipinski definition) is 5. The minimum Gasteiger partial charge on any atom is -0.477 e. The second-order valence-corrected chi connectivity index (χ2v) is 8.96. The van der Waals surface area contributed by atoms with Gasteiger partial charge in [0, 0.05) is 17.0 Å². The van der Waals surface area contributed by atoms with E-state index in [2.05, 4.69) is 10.0 Å². The third kappa shape index (κ3) is 5.38. The second kappa shape index (κ2) is 8.43. The maximum atomic E-state index is 12.1. The highest BCUT2D eigenvalue weighted by atomic mass is 32.2. The van der Waals surface area contributed by atoms with E-state index in [0.29, 0.717) is 17.0 Å². The molecule has 1 heterocycles. The molecule has 0 fully saturated rings. The van der Waals surface area contributed by atoms with Crippen LogP contribution in [-0.4, -0.2) is 31.9 Å². The third-order valence-corrected chi connectivity index (χ3v) is 5.92. The Balaban J connectivity index is 1.98. The van der Waals surface area contributed by atoms with Crippen LogP contribution < -0.4 is 10.0 Å². The molecule has 2 rings (SSSR count). The van der Waals surface area contributed by atoms with E-state index in [-0.39, 0.29) is 28.1 Å². The molecule has 0 saturated heterocycles. The summed E-state index contributed by atoms with van der Waals surface area (Å²) in [6.07, 6.45) is 0. The van der Waals surface area contributed by atoms with Gasteiger partial charge in [-0.1, -0.05) is 13.8 Å².